The number of nitrogens with one attached hydrogen (secondary N) is 1. The van der Waals surface area contributed by atoms with Gasteiger partial charge in [-0.25, -0.2) is 9.97 Å². The highest BCUT2D eigenvalue weighted by atomic mass is 15.0. The lowest BCUT2D eigenvalue weighted by molar-refractivity contribution is 0.684. The lowest BCUT2D eigenvalue weighted by Gasteiger charge is -2.06. The Bertz CT molecular complexity index is 284. The molecule has 3 heteroatoms. The summed E-state index contributed by atoms with van der Waals surface area (Å²) in [4.78, 5) is 8.21. The molecule has 62 valence electrons. The molecule has 1 rings (SSSR count). The van der Waals surface area contributed by atoms with Gasteiger partial charge >= 0.3 is 0 Å². The summed E-state index contributed by atoms with van der Waals surface area (Å²) in [6.45, 7) is 1.94. The Kier molecular flexibility index (Phi) is 2.78. The minimum absolute atomic E-state index is 0.189. The second-order valence-corrected chi connectivity index (χ2v) is 2.51. The van der Waals surface area contributed by atoms with Gasteiger partial charge in [-0.1, -0.05) is 5.92 Å². The number of nitrogens with zero attached hydrogens (tertiary/aromatic N) is 2. The predicted molar refractivity (Wildman–Crippen MR) is 47.4 cm³/mol. The van der Waals surface area contributed by atoms with E-state index < -0.39 is 0 Å². The van der Waals surface area contributed by atoms with Crippen molar-refractivity contribution in [3.8, 4) is 12.3 Å². The Morgan fingerprint density at radius 3 is 2.50 bits per heavy atom. The summed E-state index contributed by atoms with van der Waals surface area (Å²) in [6, 6.07) is -0.189. The first kappa shape index (κ1) is 8.69. The van der Waals surface area contributed by atoms with Gasteiger partial charge in [-0.2, -0.15) is 0 Å². The number of aromatic nitrogens is 2. The van der Waals surface area contributed by atoms with Crippen LogP contribution in [-0.2, 0) is 0 Å². The molecule has 0 aliphatic rings. The standard InChI is InChI=1S/C9H11N3/c1-4-8(10-3)9-11-5-7(2)6-12-9/h1,5-6,8,10H,2-3H3. The van der Waals surface area contributed by atoms with Gasteiger partial charge in [0.1, 0.15) is 6.04 Å². The molecule has 1 atom stereocenters. The van der Waals surface area contributed by atoms with Crippen LogP contribution in [-0.4, -0.2) is 17.0 Å². The van der Waals surface area contributed by atoms with Crippen LogP contribution in [0.3, 0.4) is 0 Å². The van der Waals surface area contributed by atoms with E-state index in [4.69, 9.17) is 6.42 Å². The Labute approximate surface area is 72.2 Å². The van der Waals surface area contributed by atoms with Crippen molar-refractivity contribution >= 4 is 0 Å². The smallest absolute Gasteiger partial charge is 0.157 e. The van der Waals surface area contributed by atoms with E-state index in [2.05, 4.69) is 21.2 Å². The summed E-state index contributed by atoms with van der Waals surface area (Å²) >= 11 is 0. The van der Waals surface area contributed by atoms with Gasteiger partial charge in [0.25, 0.3) is 0 Å². The second-order valence-electron chi connectivity index (χ2n) is 2.51. The third-order valence-corrected chi connectivity index (χ3v) is 1.51. The molecule has 0 saturated heterocycles. The van der Waals surface area contributed by atoms with Gasteiger partial charge in [0, 0.05) is 12.4 Å². The maximum absolute atomic E-state index is 5.26. The molecule has 1 unspecified atom stereocenters. The minimum Gasteiger partial charge on any atom is -0.300 e. The molecule has 12 heavy (non-hydrogen) atoms. The Hall–Kier alpha value is -1.40. The molecule has 1 heterocycles. The van der Waals surface area contributed by atoms with Crippen molar-refractivity contribution < 1.29 is 0 Å². The summed E-state index contributed by atoms with van der Waals surface area (Å²) in [6.07, 6.45) is 8.77. The van der Waals surface area contributed by atoms with Crippen molar-refractivity contribution in [3.05, 3.63) is 23.8 Å². The van der Waals surface area contributed by atoms with Gasteiger partial charge in [-0.05, 0) is 19.5 Å². The molecule has 3 nitrogen and oxygen atoms in total. The fourth-order valence-corrected chi connectivity index (χ4v) is 0.839. The van der Waals surface area contributed by atoms with Gasteiger partial charge in [-0.15, -0.1) is 6.42 Å². The number of rotatable bonds is 2. The Balaban J connectivity index is 2.89. The number of aryl methyl sites for hydroxylation is 1. The van der Waals surface area contributed by atoms with Crippen LogP contribution in [0.5, 0.6) is 0 Å². The van der Waals surface area contributed by atoms with Crippen LogP contribution in [0.4, 0.5) is 0 Å². The average Bonchev–Trinajstić information content (AvgIpc) is 2.10. The highest BCUT2D eigenvalue weighted by molar-refractivity contribution is 5.12. The van der Waals surface area contributed by atoms with Crippen LogP contribution in [0.2, 0.25) is 0 Å². The second kappa shape index (κ2) is 3.84. The molecule has 1 N–H and O–H groups in total. The first-order chi connectivity index (χ1) is 5.77. The highest BCUT2D eigenvalue weighted by Crippen LogP contribution is 2.04. The lowest BCUT2D eigenvalue weighted by Crippen LogP contribution is -2.16. The van der Waals surface area contributed by atoms with Gasteiger partial charge in [0.05, 0.1) is 0 Å². The average molecular weight is 161 g/mol. The van der Waals surface area contributed by atoms with E-state index >= 15 is 0 Å². The summed E-state index contributed by atoms with van der Waals surface area (Å²) < 4.78 is 0. The molecule has 0 aliphatic carbocycles. The van der Waals surface area contributed by atoms with E-state index in [0.29, 0.717) is 5.82 Å². The summed E-state index contributed by atoms with van der Waals surface area (Å²) in [5.74, 6) is 3.20. The van der Waals surface area contributed by atoms with Crippen molar-refractivity contribution in [2.75, 3.05) is 7.05 Å². The van der Waals surface area contributed by atoms with Gasteiger partial charge in [0.15, 0.2) is 5.82 Å². The van der Waals surface area contributed by atoms with Crippen LogP contribution in [0.25, 0.3) is 0 Å². The van der Waals surface area contributed by atoms with E-state index in [1.54, 1.807) is 19.4 Å². The molecule has 0 aromatic carbocycles. The van der Waals surface area contributed by atoms with Crippen molar-refractivity contribution in [1.29, 1.82) is 0 Å². The zero-order valence-corrected chi connectivity index (χ0v) is 7.20. The summed E-state index contributed by atoms with van der Waals surface area (Å²) in [7, 11) is 1.79. The molecule has 0 radical (unpaired) electrons. The number of terminal acetylenes is 1. The van der Waals surface area contributed by atoms with Crippen LogP contribution < -0.4 is 5.32 Å². The molecule has 0 saturated carbocycles. The first-order valence-corrected chi connectivity index (χ1v) is 3.70. The fourth-order valence-electron chi connectivity index (χ4n) is 0.839. The number of hydrogen-bond donors (Lipinski definition) is 1. The predicted octanol–water partition coefficient (Wildman–Crippen LogP) is 0.679. The van der Waals surface area contributed by atoms with Gasteiger partial charge in [0.2, 0.25) is 0 Å². The third-order valence-electron chi connectivity index (χ3n) is 1.51. The monoisotopic (exact) mass is 161 g/mol. The third kappa shape index (κ3) is 1.80. The van der Waals surface area contributed by atoms with Crippen molar-refractivity contribution in [3.63, 3.8) is 0 Å². The minimum atomic E-state index is -0.189. The molecule has 0 fully saturated rings. The van der Waals surface area contributed by atoms with Gasteiger partial charge < -0.3 is 5.32 Å². The molecular weight excluding hydrogens is 150 g/mol. The number of hydrogen-bond acceptors (Lipinski definition) is 3. The fraction of sp³-hybridized carbons (Fsp3) is 0.333. The summed E-state index contributed by atoms with van der Waals surface area (Å²) in [5, 5.41) is 2.93. The molecule has 1 aromatic heterocycles. The van der Waals surface area contributed by atoms with Crippen molar-refractivity contribution in [2.24, 2.45) is 0 Å². The Morgan fingerprint density at radius 1 is 1.50 bits per heavy atom. The quantitative estimate of drug-likeness (QED) is 0.648. The molecule has 0 amide bonds. The highest BCUT2D eigenvalue weighted by Gasteiger charge is 2.06. The van der Waals surface area contributed by atoms with E-state index in [-0.39, 0.29) is 6.04 Å². The topological polar surface area (TPSA) is 37.8 Å². The Morgan fingerprint density at radius 2 is 2.08 bits per heavy atom. The van der Waals surface area contributed by atoms with Gasteiger partial charge in [-0.3, -0.25) is 0 Å². The maximum Gasteiger partial charge on any atom is 0.157 e. The van der Waals surface area contributed by atoms with Crippen LogP contribution >= 0.6 is 0 Å². The molecular formula is C9H11N3. The van der Waals surface area contributed by atoms with E-state index in [1.165, 1.54) is 0 Å². The lowest BCUT2D eigenvalue weighted by atomic mass is 10.3. The van der Waals surface area contributed by atoms with Crippen LogP contribution in [0, 0.1) is 19.3 Å². The maximum atomic E-state index is 5.26. The largest absolute Gasteiger partial charge is 0.300 e. The molecule has 0 spiro atoms. The molecule has 0 bridgehead atoms. The van der Waals surface area contributed by atoms with E-state index in [0.717, 1.165) is 5.56 Å². The first-order valence-electron chi connectivity index (χ1n) is 3.70. The van der Waals surface area contributed by atoms with Crippen LogP contribution in [0.15, 0.2) is 12.4 Å². The molecule has 1 aromatic rings. The SMILES string of the molecule is C#CC(NC)c1ncc(C)cn1. The van der Waals surface area contributed by atoms with E-state index in [9.17, 15) is 0 Å². The normalized spacial score (nSPS) is 12.1. The van der Waals surface area contributed by atoms with Crippen molar-refractivity contribution in [1.82, 2.24) is 15.3 Å². The van der Waals surface area contributed by atoms with Crippen molar-refractivity contribution in [2.45, 2.75) is 13.0 Å². The zero-order valence-electron chi connectivity index (χ0n) is 7.20. The zero-order chi connectivity index (χ0) is 8.97. The molecule has 0 aliphatic heterocycles. The summed E-state index contributed by atoms with van der Waals surface area (Å²) in [5.41, 5.74) is 1.03. The van der Waals surface area contributed by atoms with Crippen LogP contribution in [0.1, 0.15) is 17.4 Å². The van der Waals surface area contributed by atoms with E-state index in [1.807, 2.05) is 6.92 Å².